The molecule has 2 aliphatic carbocycles. The van der Waals surface area contributed by atoms with E-state index in [0.29, 0.717) is 0 Å². The number of para-hydroxylation sites is 2. The van der Waals surface area contributed by atoms with E-state index in [1.54, 1.807) is 0 Å². The van der Waals surface area contributed by atoms with Crippen LogP contribution in [-0.4, -0.2) is 22.6 Å². The van der Waals surface area contributed by atoms with Crippen molar-refractivity contribution in [3.63, 3.8) is 0 Å². The summed E-state index contributed by atoms with van der Waals surface area (Å²) in [5.74, 6) is 0. The molecule has 0 bridgehead atoms. The fraction of sp³-hybridized carbons (Fsp3) is 0.0250. The maximum absolute atomic E-state index is 2.68. The molecule has 0 saturated carbocycles. The highest BCUT2D eigenvalue weighted by Gasteiger charge is 2.51. The molecule has 0 N–H and O–H groups in total. The second-order valence-electron chi connectivity index (χ2n) is 24.4. The van der Waals surface area contributed by atoms with E-state index in [2.05, 4.69) is 288 Å². The largest absolute Gasteiger partial charge is 0.310 e. The highest BCUT2D eigenvalue weighted by molar-refractivity contribution is 8.01. The highest BCUT2D eigenvalue weighted by Crippen LogP contribution is 2.61. The van der Waals surface area contributed by atoms with Gasteiger partial charge in [0.2, 0.25) is 13.4 Å². The van der Waals surface area contributed by atoms with Gasteiger partial charge in [-0.1, -0.05) is 271 Å². The van der Waals surface area contributed by atoms with Gasteiger partial charge in [0, 0.05) is 63.5 Å². The van der Waals surface area contributed by atoms with E-state index in [9.17, 15) is 0 Å². The molecule has 15 aromatic rings. The Hall–Kier alpha value is -9.71. The van der Waals surface area contributed by atoms with E-state index in [-0.39, 0.29) is 13.4 Å². The molecule has 13 aromatic carbocycles. The van der Waals surface area contributed by atoms with Gasteiger partial charge in [-0.3, -0.25) is 0 Å². The van der Waals surface area contributed by atoms with Crippen molar-refractivity contribution < 1.29 is 0 Å². The molecule has 0 fully saturated rings. The Morgan fingerprint density at radius 1 is 0.291 bits per heavy atom. The molecule has 86 heavy (non-hydrogen) atoms. The number of benzene rings is 13. The lowest BCUT2D eigenvalue weighted by molar-refractivity contribution is 0.769. The zero-order valence-corrected chi connectivity index (χ0v) is 48.1. The summed E-state index contributed by atoms with van der Waals surface area (Å²) in [6.45, 7) is 0.0851. The maximum atomic E-state index is 2.68. The second-order valence-corrected chi connectivity index (χ2v) is 26.5. The highest BCUT2D eigenvalue weighted by atomic mass is 32.2. The molecule has 6 heterocycles. The zero-order chi connectivity index (χ0) is 55.7. The van der Waals surface area contributed by atoms with E-state index in [1.807, 2.05) is 23.5 Å². The van der Waals surface area contributed by atoms with E-state index >= 15 is 0 Å². The topological polar surface area (TPSA) is 9.86 Å². The van der Waals surface area contributed by atoms with Crippen LogP contribution < -0.4 is 32.8 Å². The Labute approximate surface area is 506 Å². The first-order valence-corrected chi connectivity index (χ1v) is 31.8. The molecule has 0 radical (unpaired) electrons. The van der Waals surface area contributed by atoms with Crippen molar-refractivity contribution in [1.82, 2.24) is 9.13 Å². The molecule has 0 unspecified atom stereocenters. The van der Waals surface area contributed by atoms with Crippen molar-refractivity contribution >= 4 is 113 Å². The van der Waals surface area contributed by atoms with Gasteiger partial charge < -0.3 is 9.13 Å². The summed E-state index contributed by atoms with van der Waals surface area (Å²) in [6.07, 6.45) is 0. The van der Waals surface area contributed by atoms with Crippen LogP contribution in [0.4, 0.5) is 0 Å². The van der Waals surface area contributed by atoms with E-state index < -0.39 is 10.8 Å². The number of hydrogen-bond acceptors (Lipinski definition) is 2. The van der Waals surface area contributed by atoms with Gasteiger partial charge in [0.05, 0.1) is 21.9 Å². The van der Waals surface area contributed by atoms with Crippen LogP contribution in [0, 0.1) is 0 Å². The van der Waals surface area contributed by atoms with Crippen LogP contribution in [0.3, 0.4) is 0 Å². The smallest absolute Gasteiger partial charge is 0.249 e. The van der Waals surface area contributed by atoms with Crippen LogP contribution in [0.15, 0.2) is 299 Å². The molecule has 0 spiro atoms. The Kier molecular flexibility index (Phi) is 8.99. The van der Waals surface area contributed by atoms with Crippen molar-refractivity contribution in [3.05, 3.63) is 324 Å². The zero-order valence-electron chi connectivity index (χ0n) is 46.4. The third-order valence-electron chi connectivity index (χ3n) is 20.8. The van der Waals surface area contributed by atoms with Crippen LogP contribution in [0.2, 0.25) is 0 Å². The predicted octanol–water partition coefficient (Wildman–Crippen LogP) is 15.2. The quantitative estimate of drug-likeness (QED) is 0.163. The molecule has 394 valence electrons. The lowest BCUT2D eigenvalue weighted by atomic mass is 9.32. The summed E-state index contributed by atoms with van der Waals surface area (Å²) in [6, 6.07) is 107. The van der Waals surface area contributed by atoms with Crippen molar-refractivity contribution in [2.24, 2.45) is 0 Å². The van der Waals surface area contributed by atoms with Gasteiger partial charge in [-0.15, -0.1) is 0 Å². The normalized spacial score (nSPS) is 15.0. The first-order chi connectivity index (χ1) is 42.7. The first-order valence-electron chi connectivity index (χ1n) is 30.1. The van der Waals surface area contributed by atoms with E-state index in [1.165, 1.54) is 174 Å². The van der Waals surface area contributed by atoms with Crippen LogP contribution >= 0.6 is 23.5 Å². The van der Waals surface area contributed by atoms with Gasteiger partial charge in [-0.25, -0.2) is 0 Å². The third-order valence-corrected chi connectivity index (χ3v) is 23.1. The minimum atomic E-state index is -0.490. The minimum Gasteiger partial charge on any atom is -0.310 e. The van der Waals surface area contributed by atoms with Gasteiger partial charge in [-0.05, 0) is 131 Å². The van der Waals surface area contributed by atoms with E-state index in [0.717, 1.165) is 0 Å². The summed E-state index contributed by atoms with van der Waals surface area (Å²) >= 11 is 3.93. The molecule has 21 rings (SSSR count). The average molecular weight is 1120 g/mol. The standard InChI is InChI=1S/C80H46B2N2S2/c1-5-21-47(22-6-1)79(48-23-7-2-8-24-48)55-33-15-13-29-51(55)71-57(79)41-43-63-73(71)53-31-17-35-59-77(53)83(63)65-37-19-39-67-75(65)81(59)61-45-62-70(46-69(61)85-67)86-68-40-20-38-66-76(68)82(62)60-36-18-32-54-74-64(84(66)78(54)60)44-42-58-72(74)52-30-14-16-34-56(52)80(58,49-25-9-3-10-26-49)50-27-11-4-12-28-50/h1-46H. The van der Waals surface area contributed by atoms with Crippen molar-refractivity contribution in [2.45, 2.75) is 30.4 Å². The fourth-order valence-electron chi connectivity index (χ4n) is 17.8. The number of hydrogen-bond donors (Lipinski definition) is 0. The first kappa shape index (κ1) is 46.6. The molecule has 0 atom stereocenters. The van der Waals surface area contributed by atoms with Gasteiger partial charge in [0.1, 0.15) is 0 Å². The SMILES string of the molecule is c1ccc(C2(c3ccccc3)c3ccccc3-c3c2ccc2c3c3cccc4c3n2-c2cccc3c2B4c2cc4c(cc2S3)Sc2cccc3c2B4c2cccc4c5c6c(ccc5n-3c24)C(c2ccccc2)(c2ccccc2)c2ccccc2-6)cc1. The average Bonchev–Trinajstić information content (AvgIpc) is 2.39. The van der Waals surface area contributed by atoms with Gasteiger partial charge in [-0.2, -0.15) is 0 Å². The molecule has 6 heteroatoms. The summed E-state index contributed by atoms with van der Waals surface area (Å²) in [7, 11) is 0. The fourth-order valence-corrected chi connectivity index (χ4v) is 20.3. The van der Waals surface area contributed by atoms with Crippen molar-refractivity contribution in [1.29, 1.82) is 0 Å². The summed E-state index contributed by atoms with van der Waals surface area (Å²) in [4.78, 5) is 5.40. The maximum Gasteiger partial charge on any atom is 0.249 e. The lowest BCUT2D eigenvalue weighted by Crippen LogP contribution is -2.62. The molecule has 0 amide bonds. The minimum absolute atomic E-state index is 0.0425. The molecular weight excluding hydrogens is 1070 g/mol. The van der Waals surface area contributed by atoms with Crippen LogP contribution in [0.1, 0.15) is 44.5 Å². The summed E-state index contributed by atoms with van der Waals surface area (Å²) < 4.78 is 5.29. The Bertz CT molecular complexity index is 5130. The third kappa shape index (κ3) is 5.46. The number of aromatic nitrogens is 2. The molecule has 2 aromatic heterocycles. The van der Waals surface area contributed by atoms with Gasteiger partial charge >= 0.3 is 0 Å². The van der Waals surface area contributed by atoms with Crippen LogP contribution in [0.5, 0.6) is 0 Å². The second kappa shape index (κ2) is 16.6. The summed E-state index contributed by atoms with van der Waals surface area (Å²) in [5, 5.41) is 5.30. The monoisotopic (exact) mass is 1120 g/mol. The van der Waals surface area contributed by atoms with Crippen LogP contribution in [0.25, 0.3) is 77.2 Å². The number of rotatable bonds is 4. The Balaban J connectivity index is 0.797. The number of nitrogens with zero attached hydrogens (tertiary/aromatic N) is 2. The van der Waals surface area contributed by atoms with Crippen LogP contribution in [-0.2, 0) is 10.8 Å². The van der Waals surface area contributed by atoms with Gasteiger partial charge in [0.15, 0.2) is 0 Å². The van der Waals surface area contributed by atoms with Crippen molar-refractivity contribution in [3.8, 4) is 33.6 Å². The molecular formula is C80H46B2N2S2. The van der Waals surface area contributed by atoms with E-state index in [4.69, 9.17) is 0 Å². The molecule has 4 aliphatic heterocycles. The molecule has 6 aliphatic rings. The van der Waals surface area contributed by atoms with Gasteiger partial charge in [0.25, 0.3) is 0 Å². The Morgan fingerprint density at radius 2 is 0.674 bits per heavy atom. The predicted molar refractivity (Wildman–Crippen MR) is 360 cm³/mol. The van der Waals surface area contributed by atoms with Crippen molar-refractivity contribution in [2.75, 3.05) is 0 Å². The summed E-state index contributed by atoms with van der Waals surface area (Å²) in [5.41, 5.74) is 31.0. The Morgan fingerprint density at radius 3 is 1.09 bits per heavy atom. The lowest BCUT2D eigenvalue weighted by Gasteiger charge is -2.37. The number of fused-ring (bicyclic) bond motifs is 22. The molecule has 2 nitrogen and oxygen atoms in total. The molecule has 0 saturated heterocycles.